The molecule has 10 N–H and O–H groups in total. The minimum Gasteiger partial charge on any atom is -0.508 e. The molecule has 7 atom stereocenters. The van der Waals surface area contributed by atoms with Crippen LogP contribution in [0.5, 0.6) is 11.5 Å². The molecular formula is C35H46N6O11S2. The van der Waals surface area contributed by atoms with E-state index in [1.807, 2.05) is 0 Å². The summed E-state index contributed by atoms with van der Waals surface area (Å²) in [5.74, 6) is -6.41. The number of aliphatic carboxylic acids is 1. The highest BCUT2D eigenvalue weighted by atomic mass is 33.1. The van der Waals surface area contributed by atoms with Crippen LogP contribution in [0, 0.1) is 5.92 Å². The standard InChI is InChI=1S/C35H46N6O11S2/c1-18-16-53-54-17-19(2)37-35(52)30(20(3)42)41-28(45)15-36-32(49)25(12-21-4-8-23(43)9-5-21)39-33(50)26(13-22-6-10-24(44)11-7-22)40-34(51)27(14-29(46)47)38-31(18)48/h4-11,18-20,25-27,30,42-44H,12-17H2,1-3H3,(H,36,49)(H,37,52)(H,38,48)(H,39,50)(H,40,51)(H,41,45)(H,46,47)/t18-,19+,20?,25-,26-,27-,30-/m0/s1. The SMILES string of the molecule is CC(O)[C@@H]1NC(=O)CNC(=O)[C@H](Cc2ccc(O)cc2)NC(=O)[C@H](Cc2ccc(O)cc2)NC(=O)[C@H](CC(=O)O)NC(=O)[C@@H](C)CSSC[C@@H](C)NC1=O. The summed E-state index contributed by atoms with van der Waals surface area (Å²) in [4.78, 5) is 91.9. The molecule has 6 amide bonds. The van der Waals surface area contributed by atoms with Crippen molar-refractivity contribution in [2.45, 2.75) is 76.3 Å². The maximum absolute atomic E-state index is 13.9. The van der Waals surface area contributed by atoms with Crippen molar-refractivity contribution in [1.82, 2.24) is 31.9 Å². The molecule has 0 aromatic heterocycles. The van der Waals surface area contributed by atoms with Crippen LogP contribution >= 0.6 is 21.6 Å². The third kappa shape index (κ3) is 14.4. The Morgan fingerprint density at radius 1 is 0.685 bits per heavy atom. The molecule has 1 aliphatic rings. The molecule has 3 rings (SSSR count). The van der Waals surface area contributed by atoms with E-state index >= 15 is 0 Å². The average molecular weight is 791 g/mol. The number of benzene rings is 2. The number of carboxylic acid groups (broad SMARTS) is 1. The van der Waals surface area contributed by atoms with E-state index in [0.29, 0.717) is 16.9 Å². The predicted molar refractivity (Wildman–Crippen MR) is 200 cm³/mol. The van der Waals surface area contributed by atoms with Gasteiger partial charge in [-0.1, -0.05) is 52.8 Å². The third-order valence-electron chi connectivity index (χ3n) is 8.09. The van der Waals surface area contributed by atoms with Gasteiger partial charge >= 0.3 is 5.97 Å². The van der Waals surface area contributed by atoms with Crippen molar-refractivity contribution in [1.29, 1.82) is 0 Å². The lowest BCUT2D eigenvalue weighted by Gasteiger charge is -2.26. The molecule has 0 aliphatic carbocycles. The lowest BCUT2D eigenvalue weighted by atomic mass is 10.0. The lowest BCUT2D eigenvalue weighted by molar-refractivity contribution is -0.141. The Morgan fingerprint density at radius 3 is 1.69 bits per heavy atom. The molecular weight excluding hydrogens is 745 g/mol. The number of phenols is 2. The summed E-state index contributed by atoms with van der Waals surface area (Å²) >= 11 is 0. The van der Waals surface area contributed by atoms with Gasteiger partial charge in [-0.05, 0) is 49.2 Å². The highest BCUT2D eigenvalue weighted by Crippen LogP contribution is 2.25. The second-order valence-electron chi connectivity index (χ2n) is 12.9. The number of hydrogen-bond donors (Lipinski definition) is 10. The predicted octanol–water partition coefficient (Wildman–Crippen LogP) is -0.670. The van der Waals surface area contributed by atoms with Crippen LogP contribution in [0.2, 0.25) is 0 Å². The van der Waals surface area contributed by atoms with Crippen molar-refractivity contribution in [3.05, 3.63) is 59.7 Å². The normalized spacial score (nSPS) is 25.1. The number of amides is 6. The van der Waals surface area contributed by atoms with Gasteiger partial charge in [0.2, 0.25) is 35.4 Å². The first-order valence-electron chi connectivity index (χ1n) is 17.0. The van der Waals surface area contributed by atoms with Gasteiger partial charge < -0.3 is 52.3 Å². The summed E-state index contributed by atoms with van der Waals surface area (Å²) in [5, 5.41) is 54.5. The number of nitrogens with one attached hydrogen (secondary N) is 6. The van der Waals surface area contributed by atoms with Crippen LogP contribution in [0.1, 0.15) is 38.3 Å². The first kappa shape index (κ1) is 43.4. The molecule has 294 valence electrons. The van der Waals surface area contributed by atoms with E-state index < -0.39 is 96.6 Å². The number of rotatable bonds is 7. The van der Waals surface area contributed by atoms with Crippen molar-refractivity contribution in [3.8, 4) is 11.5 Å². The zero-order chi connectivity index (χ0) is 39.9. The summed E-state index contributed by atoms with van der Waals surface area (Å²) < 4.78 is 0. The van der Waals surface area contributed by atoms with Crippen molar-refractivity contribution >= 4 is 63.0 Å². The van der Waals surface area contributed by atoms with Gasteiger partial charge in [-0.2, -0.15) is 0 Å². The van der Waals surface area contributed by atoms with Crippen molar-refractivity contribution in [2.75, 3.05) is 18.1 Å². The molecule has 17 nitrogen and oxygen atoms in total. The molecule has 1 aliphatic heterocycles. The van der Waals surface area contributed by atoms with E-state index in [9.17, 15) is 54.0 Å². The summed E-state index contributed by atoms with van der Waals surface area (Å²) in [5.41, 5.74) is 0.957. The second kappa shape index (κ2) is 21.0. The van der Waals surface area contributed by atoms with Crippen molar-refractivity contribution in [2.24, 2.45) is 5.92 Å². The molecule has 1 saturated heterocycles. The minimum absolute atomic E-state index is 0.0558. The smallest absolute Gasteiger partial charge is 0.305 e. The Morgan fingerprint density at radius 2 is 1.17 bits per heavy atom. The molecule has 19 heteroatoms. The number of carbonyl (C=O) groups is 7. The van der Waals surface area contributed by atoms with Gasteiger partial charge in [-0.25, -0.2) is 0 Å². The second-order valence-corrected chi connectivity index (χ2v) is 15.5. The van der Waals surface area contributed by atoms with E-state index in [1.54, 1.807) is 13.8 Å². The molecule has 0 saturated carbocycles. The van der Waals surface area contributed by atoms with Gasteiger partial charge in [-0.15, -0.1) is 0 Å². The van der Waals surface area contributed by atoms with E-state index in [1.165, 1.54) is 77.0 Å². The van der Waals surface area contributed by atoms with Gasteiger partial charge in [0.1, 0.15) is 35.7 Å². The minimum atomic E-state index is -1.58. The zero-order valence-corrected chi connectivity index (χ0v) is 31.5. The number of aliphatic hydroxyl groups excluding tert-OH is 1. The molecule has 54 heavy (non-hydrogen) atoms. The highest BCUT2D eigenvalue weighted by molar-refractivity contribution is 8.76. The Bertz CT molecular complexity index is 1640. The van der Waals surface area contributed by atoms with Crippen LogP contribution in [0.25, 0.3) is 0 Å². The number of aromatic hydroxyl groups is 2. The molecule has 1 fully saturated rings. The van der Waals surface area contributed by atoms with Crippen LogP contribution in [0.4, 0.5) is 0 Å². The van der Waals surface area contributed by atoms with Crippen LogP contribution in [-0.2, 0) is 46.4 Å². The molecule has 1 unspecified atom stereocenters. The number of carbonyl (C=O) groups excluding carboxylic acids is 6. The fraction of sp³-hybridized carbons (Fsp3) is 0.457. The first-order chi connectivity index (χ1) is 25.5. The monoisotopic (exact) mass is 790 g/mol. The molecule has 2 aromatic carbocycles. The molecule has 0 spiro atoms. The van der Waals surface area contributed by atoms with E-state index in [2.05, 4.69) is 31.9 Å². The molecule has 2 aromatic rings. The van der Waals surface area contributed by atoms with Crippen LogP contribution in [-0.4, -0.2) is 116 Å². The van der Waals surface area contributed by atoms with Crippen LogP contribution < -0.4 is 31.9 Å². The number of aliphatic hydroxyl groups is 1. The van der Waals surface area contributed by atoms with E-state index in [-0.39, 0.29) is 30.1 Å². The summed E-state index contributed by atoms with van der Waals surface area (Å²) in [6, 6.07) is 5.25. The van der Waals surface area contributed by atoms with Gasteiger partial charge in [-0.3, -0.25) is 33.6 Å². The average Bonchev–Trinajstić information content (AvgIpc) is 3.11. The van der Waals surface area contributed by atoms with Gasteiger partial charge in [0, 0.05) is 36.3 Å². The number of carboxylic acids is 1. The van der Waals surface area contributed by atoms with E-state index in [0.717, 1.165) is 0 Å². The number of hydrogen-bond acceptors (Lipinski definition) is 12. The fourth-order valence-electron chi connectivity index (χ4n) is 5.07. The van der Waals surface area contributed by atoms with Gasteiger partial charge in [0.05, 0.1) is 19.1 Å². The maximum atomic E-state index is 13.9. The summed E-state index contributed by atoms with van der Waals surface area (Å²) in [7, 11) is 2.63. The van der Waals surface area contributed by atoms with Crippen molar-refractivity contribution in [3.63, 3.8) is 0 Å². The first-order valence-corrected chi connectivity index (χ1v) is 19.5. The summed E-state index contributed by atoms with van der Waals surface area (Å²) in [6.07, 6.45) is -2.45. The van der Waals surface area contributed by atoms with Gasteiger partial charge in [0.15, 0.2) is 0 Å². The van der Waals surface area contributed by atoms with Crippen molar-refractivity contribution < 1.29 is 54.0 Å². The van der Waals surface area contributed by atoms with Gasteiger partial charge in [0.25, 0.3) is 0 Å². The largest absolute Gasteiger partial charge is 0.508 e. The third-order valence-corrected chi connectivity index (χ3v) is 10.8. The van der Waals surface area contributed by atoms with Crippen LogP contribution in [0.15, 0.2) is 48.5 Å². The Balaban J connectivity index is 1.99. The molecule has 1 heterocycles. The van der Waals surface area contributed by atoms with Crippen LogP contribution in [0.3, 0.4) is 0 Å². The topological polar surface area (TPSA) is 273 Å². The molecule has 0 bridgehead atoms. The quantitative estimate of drug-likeness (QED) is 0.156. The summed E-state index contributed by atoms with van der Waals surface area (Å²) in [6.45, 7) is 3.95. The Hall–Kier alpha value is -5.01. The highest BCUT2D eigenvalue weighted by Gasteiger charge is 2.33. The Labute approximate surface area is 319 Å². The maximum Gasteiger partial charge on any atom is 0.305 e. The number of phenolic OH excluding ortho intramolecular Hbond substituents is 2. The fourth-order valence-corrected chi connectivity index (χ4v) is 7.70. The zero-order valence-electron chi connectivity index (χ0n) is 29.9. The molecule has 0 radical (unpaired) electrons. The van der Waals surface area contributed by atoms with E-state index in [4.69, 9.17) is 0 Å². The Kier molecular flexibility index (Phi) is 16.9. The lowest BCUT2D eigenvalue weighted by Crippen LogP contribution is -2.59.